The summed E-state index contributed by atoms with van der Waals surface area (Å²) < 4.78 is 5.33. The number of nitrogens with two attached hydrogens (primary N) is 1. The van der Waals surface area contributed by atoms with Gasteiger partial charge in [-0.3, -0.25) is 4.79 Å². The zero-order valence-corrected chi connectivity index (χ0v) is 12.1. The van der Waals surface area contributed by atoms with Gasteiger partial charge in [-0.05, 0) is 30.2 Å². The van der Waals surface area contributed by atoms with Crippen LogP contribution in [0, 0.1) is 5.92 Å². The number of ether oxygens (including phenoxy) is 1. The molecule has 1 amide bonds. The summed E-state index contributed by atoms with van der Waals surface area (Å²) in [6.45, 7) is 7.22. The van der Waals surface area contributed by atoms with E-state index in [1.165, 1.54) is 0 Å². The second kappa shape index (κ2) is 6.72. The smallest absolute Gasteiger partial charge is 0.241 e. The van der Waals surface area contributed by atoms with Crippen molar-refractivity contribution in [3.63, 3.8) is 0 Å². The molecule has 1 heterocycles. The third-order valence-electron chi connectivity index (χ3n) is 3.53. The van der Waals surface area contributed by atoms with Crippen molar-refractivity contribution in [3.05, 3.63) is 24.3 Å². The molecule has 1 atom stereocenters. The lowest BCUT2D eigenvalue weighted by Crippen LogP contribution is -2.39. The molecule has 20 heavy (non-hydrogen) atoms. The maximum atomic E-state index is 11.9. The summed E-state index contributed by atoms with van der Waals surface area (Å²) in [6.07, 6.45) is 0. The fraction of sp³-hybridized carbons (Fsp3) is 0.533. The highest BCUT2D eigenvalue weighted by Crippen LogP contribution is 2.19. The van der Waals surface area contributed by atoms with Gasteiger partial charge in [-0.1, -0.05) is 13.8 Å². The summed E-state index contributed by atoms with van der Waals surface area (Å²) in [4.78, 5) is 14.2. The fourth-order valence-electron chi connectivity index (χ4n) is 2.11. The van der Waals surface area contributed by atoms with Gasteiger partial charge in [0.1, 0.15) is 0 Å². The van der Waals surface area contributed by atoms with E-state index in [1.807, 2.05) is 38.1 Å². The van der Waals surface area contributed by atoms with Crippen molar-refractivity contribution in [1.29, 1.82) is 0 Å². The van der Waals surface area contributed by atoms with Crippen LogP contribution in [0.5, 0.6) is 0 Å². The summed E-state index contributed by atoms with van der Waals surface area (Å²) in [5, 5.41) is 2.85. The summed E-state index contributed by atoms with van der Waals surface area (Å²) in [5.74, 6) is -0.0123. The number of morpholine rings is 1. The van der Waals surface area contributed by atoms with E-state index in [4.69, 9.17) is 10.5 Å². The van der Waals surface area contributed by atoms with Crippen LogP contribution in [0.3, 0.4) is 0 Å². The Morgan fingerprint density at radius 2 is 1.85 bits per heavy atom. The first-order valence-corrected chi connectivity index (χ1v) is 7.07. The van der Waals surface area contributed by atoms with Crippen molar-refractivity contribution in [2.75, 3.05) is 36.5 Å². The molecule has 0 saturated carbocycles. The first kappa shape index (κ1) is 14.8. The number of carbonyl (C=O) groups excluding carboxylic acids is 1. The molecule has 0 spiro atoms. The molecular weight excluding hydrogens is 254 g/mol. The molecule has 5 heteroatoms. The van der Waals surface area contributed by atoms with Gasteiger partial charge in [-0.2, -0.15) is 0 Å². The van der Waals surface area contributed by atoms with Crippen molar-refractivity contribution in [2.45, 2.75) is 19.9 Å². The van der Waals surface area contributed by atoms with Crippen LogP contribution in [-0.2, 0) is 9.53 Å². The fourth-order valence-corrected chi connectivity index (χ4v) is 2.11. The number of hydrogen-bond acceptors (Lipinski definition) is 4. The van der Waals surface area contributed by atoms with E-state index in [0.717, 1.165) is 37.7 Å². The monoisotopic (exact) mass is 277 g/mol. The zero-order valence-electron chi connectivity index (χ0n) is 12.1. The van der Waals surface area contributed by atoms with Crippen molar-refractivity contribution in [3.8, 4) is 0 Å². The van der Waals surface area contributed by atoms with Crippen LogP contribution >= 0.6 is 0 Å². The van der Waals surface area contributed by atoms with Crippen LogP contribution in [0.1, 0.15) is 13.8 Å². The Kier molecular flexibility index (Phi) is 4.98. The lowest BCUT2D eigenvalue weighted by Gasteiger charge is -2.29. The van der Waals surface area contributed by atoms with E-state index in [9.17, 15) is 4.79 Å². The van der Waals surface area contributed by atoms with Crippen molar-refractivity contribution >= 4 is 17.3 Å². The molecular formula is C15H23N3O2. The molecule has 1 unspecified atom stereocenters. The SMILES string of the molecule is CC(C)C(N)C(=O)Nc1ccc(N2CCOCC2)cc1. The number of carbonyl (C=O) groups is 1. The van der Waals surface area contributed by atoms with Crippen LogP contribution in [0.25, 0.3) is 0 Å². The number of amides is 1. The van der Waals surface area contributed by atoms with Crippen molar-refractivity contribution < 1.29 is 9.53 Å². The van der Waals surface area contributed by atoms with Gasteiger partial charge in [-0.25, -0.2) is 0 Å². The number of benzene rings is 1. The first-order valence-electron chi connectivity index (χ1n) is 7.07. The van der Waals surface area contributed by atoms with E-state index in [0.29, 0.717) is 0 Å². The highest BCUT2D eigenvalue weighted by atomic mass is 16.5. The molecule has 0 aromatic heterocycles. The molecule has 1 aromatic carbocycles. The van der Waals surface area contributed by atoms with Gasteiger partial charge >= 0.3 is 0 Å². The molecule has 3 N–H and O–H groups in total. The standard InChI is InChI=1S/C15H23N3O2/c1-11(2)14(16)15(19)17-12-3-5-13(6-4-12)18-7-9-20-10-8-18/h3-6,11,14H,7-10,16H2,1-2H3,(H,17,19). The maximum absolute atomic E-state index is 11.9. The average molecular weight is 277 g/mol. The lowest BCUT2D eigenvalue weighted by molar-refractivity contribution is -0.118. The van der Waals surface area contributed by atoms with Gasteiger partial charge < -0.3 is 20.7 Å². The van der Waals surface area contributed by atoms with Crippen LogP contribution < -0.4 is 16.0 Å². The minimum absolute atomic E-state index is 0.127. The van der Waals surface area contributed by atoms with Crippen LogP contribution in [-0.4, -0.2) is 38.3 Å². The highest BCUT2D eigenvalue weighted by molar-refractivity contribution is 5.94. The number of rotatable bonds is 4. The number of nitrogens with one attached hydrogen (secondary N) is 1. The zero-order chi connectivity index (χ0) is 14.5. The van der Waals surface area contributed by atoms with Gasteiger partial charge in [0.05, 0.1) is 19.3 Å². The minimum atomic E-state index is -0.478. The van der Waals surface area contributed by atoms with Gasteiger partial charge in [0.25, 0.3) is 0 Å². The Morgan fingerprint density at radius 1 is 1.25 bits per heavy atom. The van der Waals surface area contributed by atoms with Gasteiger partial charge in [-0.15, -0.1) is 0 Å². The summed E-state index contributed by atoms with van der Waals surface area (Å²) >= 11 is 0. The van der Waals surface area contributed by atoms with E-state index < -0.39 is 6.04 Å². The van der Waals surface area contributed by atoms with Crippen molar-refractivity contribution in [1.82, 2.24) is 0 Å². The first-order chi connectivity index (χ1) is 9.58. The molecule has 0 aliphatic carbocycles. The molecule has 1 aromatic rings. The molecule has 1 saturated heterocycles. The molecule has 1 aliphatic heterocycles. The number of hydrogen-bond donors (Lipinski definition) is 2. The predicted octanol–water partition coefficient (Wildman–Crippen LogP) is 1.44. The van der Waals surface area contributed by atoms with E-state index in [-0.39, 0.29) is 11.8 Å². The van der Waals surface area contributed by atoms with Crippen LogP contribution in [0.15, 0.2) is 24.3 Å². The minimum Gasteiger partial charge on any atom is -0.378 e. The molecule has 2 rings (SSSR count). The normalized spacial score (nSPS) is 17.1. The largest absolute Gasteiger partial charge is 0.378 e. The van der Waals surface area contributed by atoms with E-state index in [2.05, 4.69) is 10.2 Å². The molecule has 1 fully saturated rings. The van der Waals surface area contributed by atoms with E-state index >= 15 is 0 Å². The third kappa shape index (κ3) is 3.71. The van der Waals surface area contributed by atoms with Crippen LogP contribution in [0.2, 0.25) is 0 Å². The molecule has 1 aliphatic rings. The molecule has 0 bridgehead atoms. The summed E-state index contributed by atoms with van der Waals surface area (Å²) in [5.41, 5.74) is 7.75. The van der Waals surface area contributed by atoms with Gasteiger partial charge in [0.2, 0.25) is 5.91 Å². The quantitative estimate of drug-likeness (QED) is 0.874. The lowest BCUT2D eigenvalue weighted by atomic mass is 10.0. The Hall–Kier alpha value is -1.59. The maximum Gasteiger partial charge on any atom is 0.241 e. The van der Waals surface area contributed by atoms with E-state index in [1.54, 1.807) is 0 Å². The second-order valence-corrected chi connectivity index (χ2v) is 5.41. The summed E-state index contributed by atoms with van der Waals surface area (Å²) in [7, 11) is 0. The highest BCUT2D eigenvalue weighted by Gasteiger charge is 2.17. The Bertz CT molecular complexity index is 439. The third-order valence-corrected chi connectivity index (χ3v) is 3.53. The van der Waals surface area contributed by atoms with Crippen molar-refractivity contribution in [2.24, 2.45) is 11.7 Å². The number of nitrogens with zero attached hydrogens (tertiary/aromatic N) is 1. The number of anilines is 2. The predicted molar refractivity (Wildman–Crippen MR) is 80.9 cm³/mol. The molecule has 110 valence electrons. The average Bonchev–Trinajstić information content (AvgIpc) is 2.48. The Balaban J connectivity index is 1.96. The molecule has 0 radical (unpaired) electrons. The van der Waals surface area contributed by atoms with Crippen LogP contribution in [0.4, 0.5) is 11.4 Å². The molecule has 5 nitrogen and oxygen atoms in total. The topological polar surface area (TPSA) is 67.6 Å². The Labute approximate surface area is 120 Å². The Morgan fingerprint density at radius 3 is 2.40 bits per heavy atom. The second-order valence-electron chi connectivity index (χ2n) is 5.41. The summed E-state index contributed by atoms with van der Waals surface area (Å²) in [6, 6.07) is 7.38. The van der Waals surface area contributed by atoms with Gasteiger partial charge in [0.15, 0.2) is 0 Å². The van der Waals surface area contributed by atoms with Gasteiger partial charge in [0, 0.05) is 24.5 Å².